The highest BCUT2D eigenvalue weighted by Gasteiger charge is 2.04. The second-order valence-electron chi connectivity index (χ2n) is 4.61. The first kappa shape index (κ1) is 15.3. The monoisotopic (exact) mass is 271 g/mol. The van der Waals surface area contributed by atoms with Crippen LogP contribution in [0, 0.1) is 5.92 Å². The summed E-state index contributed by atoms with van der Waals surface area (Å²) in [6.45, 7) is 6.74. The van der Waals surface area contributed by atoms with Gasteiger partial charge in [-0.05, 0) is 42.6 Å². The van der Waals surface area contributed by atoms with E-state index in [4.69, 9.17) is 26.8 Å². The maximum atomic E-state index is 5.95. The molecule has 1 rings (SSSR count). The Balaban J connectivity index is 2.41. The summed E-state index contributed by atoms with van der Waals surface area (Å²) in [5.74, 6) is 1.39. The second kappa shape index (κ2) is 8.35. The summed E-state index contributed by atoms with van der Waals surface area (Å²) in [6.07, 6.45) is 0.767. The first-order valence-corrected chi connectivity index (χ1v) is 6.70. The van der Waals surface area contributed by atoms with Crippen molar-refractivity contribution in [2.45, 2.75) is 20.3 Å². The third kappa shape index (κ3) is 5.71. The SMILES string of the molecule is CC(C)COCCOc1ccc(Cl)cc1CCN. The zero-order valence-corrected chi connectivity index (χ0v) is 11.9. The van der Waals surface area contributed by atoms with Crippen LogP contribution in [-0.2, 0) is 11.2 Å². The molecule has 2 N–H and O–H groups in total. The van der Waals surface area contributed by atoms with E-state index in [9.17, 15) is 0 Å². The molecule has 0 atom stereocenters. The van der Waals surface area contributed by atoms with Gasteiger partial charge in [0, 0.05) is 11.6 Å². The number of hydrogen-bond donors (Lipinski definition) is 1. The molecule has 0 aliphatic rings. The summed E-state index contributed by atoms with van der Waals surface area (Å²) >= 11 is 5.95. The van der Waals surface area contributed by atoms with E-state index in [0.717, 1.165) is 24.3 Å². The van der Waals surface area contributed by atoms with E-state index in [-0.39, 0.29) is 0 Å². The van der Waals surface area contributed by atoms with Gasteiger partial charge in [-0.15, -0.1) is 0 Å². The standard InChI is InChI=1S/C14H22ClNO2/c1-11(2)10-17-7-8-18-14-4-3-13(15)9-12(14)5-6-16/h3-4,9,11H,5-8,10,16H2,1-2H3. The van der Waals surface area contributed by atoms with E-state index in [1.165, 1.54) is 0 Å². The molecule has 0 bridgehead atoms. The van der Waals surface area contributed by atoms with Gasteiger partial charge in [-0.1, -0.05) is 25.4 Å². The van der Waals surface area contributed by atoms with E-state index < -0.39 is 0 Å². The Kier molecular flexibility index (Phi) is 7.09. The van der Waals surface area contributed by atoms with Crippen molar-refractivity contribution in [3.05, 3.63) is 28.8 Å². The number of benzene rings is 1. The highest BCUT2D eigenvalue weighted by molar-refractivity contribution is 6.30. The summed E-state index contributed by atoms with van der Waals surface area (Å²) in [4.78, 5) is 0. The molecule has 18 heavy (non-hydrogen) atoms. The molecule has 4 heteroatoms. The summed E-state index contributed by atoms with van der Waals surface area (Å²) in [7, 11) is 0. The fraction of sp³-hybridized carbons (Fsp3) is 0.571. The second-order valence-corrected chi connectivity index (χ2v) is 5.04. The zero-order chi connectivity index (χ0) is 13.4. The number of rotatable bonds is 8. The van der Waals surface area contributed by atoms with Crippen molar-refractivity contribution in [3.63, 3.8) is 0 Å². The van der Waals surface area contributed by atoms with Gasteiger partial charge in [-0.25, -0.2) is 0 Å². The van der Waals surface area contributed by atoms with Gasteiger partial charge in [0.25, 0.3) is 0 Å². The van der Waals surface area contributed by atoms with Gasteiger partial charge in [-0.3, -0.25) is 0 Å². The van der Waals surface area contributed by atoms with E-state index in [2.05, 4.69) is 13.8 Å². The molecule has 1 aromatic rings. The molecule has 0 heterocycles. The van der Waals surface area contributed by atoms with Crippen LogP contribution in [-0.4, -0.2) is 26.4 Å². The lowest BCUT2D eigenvalue weighted by Gasteiger charge is -2.12. The molecule has 0 unspecified atom stereocenters. The molecule has 0 aliphatic heterocycles. The van der Waals surface area contributed by atoms with Crippen molar-refractivity contribution in [1.29, 1.82) is 0 Å². The quantitative estimate of drug-likeness (QED) is 0.740. The average molecular weight is 272 g/mol. The van der Waals surface area contributed by atoms with Crippen molar-refractivity contribution in [1.82, 2.24) is 0 Å². The molecular formula is C14H22ClNO2. The largest absolute Gasteiger partial charge is 0.491 e. The Hall–Kier alpha value is -0.770. The molecule has 1 aromatic carbocycles. The molecule has 0 saturated carbocycles. The fourth-order valence-corrected chi connectivity index (χ4v) is 1.76. The lowest BCUT2D eigenvalue weighted by molar-refractivity contribution is 0.0816. The van der Waals surface area contributed by atoms with Gasteiger partial charge in [0.05, 0.1) is 6.61 Å². The van der Waals surface area contributed by atoms with E-state index in [1.807, 2.05) is 18.2 Å². The molecular weight excluding hydrogens is 250 g/mol. The van der Waals surface area contributed by atoms with Crippen LogP contribution in [0.15, 0.2) is 18.2 Å². The number of ether oxygens (including phenoxy) is 2. The van der Waals surface area contributed by atoms with Crippen molar-refractivity contribution in [2.24, 2.45) is 11.7 Å². The summed E-state index contributed by atoms with van der Waals surface area (Å²) in [5.41, 5.74) is 6.62. The van der Waals surface area contributed by atoms with Gasteiger partial charge < -0.3 is 15.2 Å². The molecule has 0 spiro atoms. The van der Waals surface area contributed by atoms with Crippen molar-refractivity contribution in [3.8, 4) is 5.75 Å². The zero-order valence-electron chi connectivity index (χ0n) is 11.1. The van der Waals surface area contributed by atoms with Gasteiger partial charge >= 0.3 is 0 Å². The molecule has 0 radical (unpaired) electrons. The van der Waals surface area contributed by atoms with Crippen LogP contribution in [0.1, 0.15) is 19.4 Å². The normalized spacial score (nSPS) is 10.9. The van der Waals surface area contributed by atoms with Gasteiger partial charge in [-0.2, -0.15) is 0 Å². The average Bonchev–Trinajstić information content (AvgIpc) is 2.31. The molecule has 0 amide bonds. The minimum Gasteiger partial charge on any atom is -0.491 e. The smallest absolute Gasteiger partial charge is 0.122 e. The third-order valence-corrected chi connectivity index (χ3v) is 2.61. The van der Waals surface area contributed by atoms with Crippen molar-refractivity contribution in [2.75, 3.05) is 26.4 Å². The van der Waals surface area contributed by atoms with Crippen molar-refractivity contribution >= 4 is 11.6 Å². The Labute approximate surface area is 114 Å². The predicted octanol–water partition coefficient (Wildman–Crippen LogP) is 2.89. The lowest BCUT2D eigenvalue weighted by atomic mass is 10.1. The number of nitrogens with two attached hydrogens (primary N) is 1. The molecule has 102 valence electrons. The van der Waals surface area contributed by atoms with Crippen LogP contribution in [0.3, 0.4) is 0 Å². The van der Waals surface area contributed by atoms with Crippen LogP contribution in [0.5, 0.6) is 5.75 Å². The molecule has 0 saturated heterocycles. The maximum absolute atomic E-state index is 5.95. The Morgan fingerprint density at radius 3 is 2.72 bits per heavy atom. The van der Waals surface area contributed by atoms with Gasteiger partial charge in [0.15, 0.2) is 0 Å². The Morgan fingerprint density at radius 1 is 1.28 bits per heavy atom. The highest BCUT2D eigenvalue weighted by Crippen LogP contribution is 2.23. The summed E-state index contributed by atoms with van der Waals surface area (Å²) in [6, 6.07) is 5.61. The van der Waals surface area contributed by atoms with Crippen molar-refractivity contribution < 1.29 is 9.47 Å². The molecule has 0 aromatic heterocycles. The lowest BCUT2D eigenvalue weighted by Crippen LogP contribution is -2.11. The third-order valence-electron chi connectivity index (χ3n) is 2.37. The summed E-state index contributed by atoms with van der Waals surface area (Å²) in [5, 5.41) is 0.710. The predicted molar refractivity (Wildman–Crippen MR) is 75.4 cm³/mol. The van der Waals surface area contributed by atoms with Crippen LogP contribution < -0.4 is 10.5 Å². The number of halogens is 1. The van der Waals surface area contributed by atoms with Gasteiger partial charge in [0.2, 0.25) is 0 Å². The van der Waals surface area contributed by atoms with Crippen LogP contribution in [0.2, 0.25) is 5.02 Å². The van der Waals surface area contributed by atoms with E-state index in [0.29, 0.717) is 30.7 Å². The van der Waals surface area contributed by atoms with Crippen LogP contribution in [0.25, 0.3) is 0 Å². The number of hydrogen-bond acceptors (Lipinski definition) is 3. The van der Waals surface area contributed by atoms with Gasteiger partial charge in [0.1, 0.15) is 12.4 Å². The van der Waals surface area contributed by atoms with Crippen LogP contribution in [0.4, 0.5) is 0 Å². The summed E-state index contributed by atoms with van der Waals surface area (Å²) < 4.78 is 11.2. The molecule has 3 nitrogen and oxygen atoms in total. The molecule has 0 fully saturated rings. The van der Waals surface area contributed by atoms with E-state index in [1.54, 1.807) is 0 Å². The topological polar surface area (TPSA) is 44.5 Å². The first-order chi connectivity index (χ1) is 8.63. The molecule has 0 aliphatic carbocycles. The minimum atomic E-state index is 0.548. The van der Waals surface area contributed by atoms with E-state index >= 15 is 0 Å². The minimum absolute atomic E-state index is 0.548. The van der Waals surface area contributed by atoms with Crippen LogP contribution >= 0.6 is 11.6 Å². The highest BCUT2D eigenvalue weighted by atomic mass is 35.5. The fourth-order valence-electron chi connectivity index (χ4n) is 1.57. The Bertz CT molecular complexity index is 356. The first-order valence-electron chi connectivity index (χ1n) is 6.32. The maximum Gasteiger partial charge on any atom is 0.122 e. The Morgan fingerprint density at radius 2 is 2.06 bits per heavy atom.